The quantitative estimate of drug-likeness (QED) is 0.506. The maximum Gasteiger partial charge on any atom is 0.326 e. The van der Waals surface area contributed by atoms with Gasteiger partial charge < -0.3 is 20.7 Å². The van der Waals surface area contributed by atoms with E-state index < -0.39 is 18.0 Å². The number of nitrogens with one attached hydrogen (secondary N) is 3. The Hall–Kier alpha value is -1.70. The molecule has 0 spiro atoms. The van der Waals surface area contributed by atoms with Crippen LogP contribution < -0.4 is 10.6 Å². The molecule has 8 heteroatoms. The number of carboxylic acid groups (broad SMARTS) is 1. The van der Waals surface area contributed by atoms with E-state index in [0.717, 1.165) is 18.6 Å². The number of imidazole rings is 1. The number of nitrogens with zero attached hydrogens (tertiary/aromatic N) is 1. The lowest BCUT2D eigenvalue weighted by Crippen LogP contribution is -2.47. The monoisotopic (exact) mass is 300 g/mol. The van der Waals surface area contributed by atoms with E-state index in [9.17, 15) is 9.59 Å². The second-order valence-electron chi connectivity index (χ2n) is 4.27. The summed E-state index contributed by atoms with van der Waals surface area (Å²) in [5, 5.41) is 14.2. The van der Waals surface area contributed by atoms with E-state index in [2.05, 4.69) is 20.6 Å². The van der Waals surface area contributed by atoms with Gasteiger partial charge in [0.25, 0.3) is 0 Å². The fourth-order valence-electron chi connectivity index (χ4n) is 1.60. The summed E-state index contributed by atoms with van der Waals surface area (Å²) in [5.74, 6) is -0.0157. The summed E-state index contributed by atoms with van der Waals surface area (Å²) < 4.78 is 0. The molecule has 112 valence electrons. The van der Waals surface area contributed by atoms with Crippen molar-refractivity contribution in [1.82, 2.24) is 20.6 Å². The van der Waals surface area contributed by atoms with Crippen LogP contribution in [0.2, 0.25) is 0 Å². The Morgan fingerprint density at radius 1 is 1.50 bits per heavy atom. The molecule has 0 aliphatic heterocycles. The highest BCUT2D eigenvalue weighted by Gasteiger charge is 2.20. The van der Waals surface area contributed by atoms with Crippen LogP contribution in [0.25, 0.3) is 0 Å². The molecule has 0 aromatic carbocycles. The smallest absolute Gasteiger partial charge is 0.326 e. The Kier molecular flexibility index (Phi) is 7.56. The molecule has 0 aliphatic carbocycles. The van der Waals surface area contributed by atoms with Crippen LogP contribution in [-0.2, 0) is 11.2 Å². The van der Waals surface area contributed by atoms with E-state index in [-0.39, 0.29) is 6.42 Å². The predicted octanol–water partition coefficient (Wildman–Crippen LogP) is 0.848. The molecule has 20 heavy (non-hydrogen) atoms. The predicted molar refractivity (Wildman–Crippen MR) is 77.9 cm³/mol. The molecule has 0 fully saturated rings. The number of amides is 2. The second-order valence-corrected chi connectivity index (χ2v) is 5.26. The first-order valence-corrected chi connectivity index (χ1v) is 7.76. The first-order valence-electron chi connectivity index (χ1n) is 6.37. The summed E-state index contributed by atoms with van der Waals surface area (Å²) in [4.78, 5) is 29.3. The Balaban J connectivity index is 2.30. The molecule has 0 unspecified atom stereocenters. The SMILES string of the molecule is CSCCCCNC(=O)N[C@H](Cc1cnc[nH]1)C(=O)O. The summed E-state index contributed by atoms with van der Waals surface area (Å²) in [7, 11) is 0. The first kappa shape index (κ1) is 16.4. The number of unbranched alkanes of at least 4 members (excludes halogenated alkanes) is 1. The number of carbonyl (C=O) groups excluding carboxylic acids is 1. The number of carboxylic acids is 1. The molecular formula is C12H20N4O3S. The number of thioether (sulfide) groups is 1. The van der Waals surface area contributed by atoms with Crippen molar-refractivity contribution in [3.63, 3.8) is 0 Å². The minimum absolute atomic E-state index is 0.176. The standard InChI is InChI=1S/C12H20N4O3S/c1-20-5-3-2-4-14-12(19)16-10(11(17)18)6-9-7-13-8-15-9/h7-8,10H,2-6H2,1H3,(H,13,15)(H,17,18)(H2,14,16,19)/t10-/m1/s1. The highest BCUT2D eigenvalue weighted by atomic mass is 32.2. The lowest BCUT2D eigenvalue weighted by molar-refractivity contribution is -0.139. The van der Waals surface area contributed by atoms with Crippen LogP contribution in [0.4, 0.5) is 4.79 Å². The van der Waals surface area contributed by atoms with Crippen molar-refractivity contribution in [2.24, 2.45) is 0 Å². The molecule has 1 aromatic heterocycles. The average molecular weight is 300 g/mol. The van der Waals surface area contributed by atoms with Crippen LogP contribution in [0.1, 0.15) is 18.5 Å². The average Bonchev–Trinajstić information content (AvgIpc) is 2.90. The summed E-state index contributed by atoms with van der Waals surface area (Å²) in [6, 6.07) is -1.43. The minimum Gasteiger partial charge on any atom is -0.480 e. The van der Waals surface area contributed by atoms with Gasteiger partial charge >= 0.3 is 12.0 Å². The van der Waals surface area contributed by atoms with Crippen molar-refractivity contribution in [3.05, 3.63) is 18.2 Å². The zero-order valence-electron chi connectivity index (χ0n) is 11.4. The molecular weight excluding hydrogens is 280 g/mol. The van der Waals surface area contributed by atoms with Crippen LogP contribution in [0, 0.1) is 0 Å². The molecule has 2 amide bonds. The third-order valence-corrected chi connectivity index (χ3v) is 3.34. The van der Waals surface area contributed by atoms with Gasteiger partial charge in [-0.1, -0.05) is 0 Å². The van der Waals surface area contributed by atoms with Gasteiger partial charge in [0.2, 0.25) is 0 Å². The molecule has 7 nitrogen and oxygen atoms in total. The molecule has 0 saturated carbocycles. The summed E-state index contributed by atoms with van der Waals surface area (Å²) >= 11 is 1.76. The zero-order chi connectivity index (χ0) is 14.8. The Morgan fingerprint density at radius 2 is 2.30 bits per heavy atom. The fourth-order valence-corrected chi connectivity index (χ4v) is 2.09. The molecule has 1 aromatic rings. The fraction of sp³-hybridized carbons (Fsp3) is 0.583. The molecule has 1 atom stereocenters. The molecule has 0 bridgehead atoms. The van der Waals surface area contributed by atoms with Gasteiger partial charge in [-0.25, -0.2) is 14.6 Å². The van der Waals surface area contributed by atoms with E-state index in [1.165, 1.54) is 12.5 Å². The zero-order valence-corrected chi connectivity index (χ0v) is 12.2. The number of hydrogen-bond donors (Lipinski definition) is 4. The van der Waals surface area contributed by atoms with E-state index in [0.29, 0.717) is 12.2 Å². The number of aliphatic carboxylic acids is 1. The van der Waals surface area contributed by atoms with Crippen LogP contribution >= 0.6 is 11.8 Å². The van der Waals surface area contributed by atoms with Crippen molar-refractivity contribution >= 4 is 23.8 Å². The second kappa shape index (κ2) is 9.24. The van der Waals surface area contributed by atoms with Crippen LogP contribution in [0.3, 0.4) is 0 Å². The van der Waals surface area contributed by atoms with Gasteiger partial charge in [0.05, 0.1) is 6.33 Å². The largest absolute Gasteiger partial charge is 0.480 e. The lowest BCUT2D eigenvalue weighted by atomic mass is 10.2. The van der Waals surface area contributed by atoms with E-state index in [4.69, 9.17) is 5.11 Å². The third kappa shape index (κ3) is 6.46. The van der Waals surface area contributed by atoms with Gasteiger partial charge in [-0.2, -0.15) is 11.8 Å². The molecule has 4 N–H and O–H groups in total. The molecule has 0 saturated heterocycles. The summed E-state index contributed by atoms with van der Waals surface area (Å²) in [6.45, 7) is 0.544. The van der Waals surface area contributed by atoms with Gasteiger partial charge in [-0.15, -0.1) is 0 Å². The van der Waals surface area contributed by atoms with E-state index in [1.54, 1.807) is 11.8 Å². The molecule has 1 rings (SSSR count). The number of aromatic amines is 1. The molecule has 1 heterocycles. The maximum absolute atomic E-state index is 11.6. The van der Waals surface area contributed by atoms with Crippen molar-refractivity contribution in [2.75, 3.05) is 18.6 Å². The lowest BCUT2D eigenvalue weighted by Gasteiger charge is -2.14. The van der Waals surface area contributed by atoms with Gasteiger partial charge in [0.1, 0.15) is 6.04 Å². The van der Waals surface area contributed by atoms with Crippen LogP contribution in [0.15, 0.2) is 12.5 Å². The first-order chi connectivity index (χ1) is 9.63. The van der Waals surface area contributed by atoms with E-state index >= 15 is 0 Å². The number of hydrogen-bond acceptors (Lipinski definition) is 4. The topological polar surface area (TPSA) is 107 Å². The Morgan fingerprint density at radius 3 is 2.90 bits per heavy atom. The van der Waals surface area contributed by atoms with Crippen LogP contribution in [0.5, 0.6) is 0 Å². The van der Waals surface area contributed by atoms with Gasteiger partial charge in [-0.3, -0.25) is 0 Å². The molecule has 0 aliphatic rings. The van der Waals surface area contributed by atoms with Gasteiger partial charge in [0.15, 0.2) is 0 Å². The highest BCUT2D eigenvalue weighted by molar-refractivity contribution is 7.98. The van der Waals surface area contributed by atoms with E-state index in [1.807, 2.05) is 6.26 Å². The van der Waals surface area contributed by atoms with Crippen molar-refractivity contribution < 1.29 is 14.7 Å². The third-order valence-electron chi connectivity index (χ3n) is 2.64. The number of rotatable bonds is 9. The number of urea groups is 1. The van der Waals surface area contributed by atoms with Crippen molar-refractivity contribution in [1.29, 1.82) is 0 Å². The minimum atomic E-state index is -1.07. The summed E-state index contributed by atoms with van der Waals surface area (Å²) in [6.07, 6.45) is 7.13. The normalized spacial score (nSPS) is 11.8. The molecule has 0 radical (unpaired) electrons. The number of aromatic nitrogens is 2. The Labute approximate surface area is 121 Å². The Bertz CT molecular complexity index is 411. The van der Waals surface area contributed by atoms with Crippen molar-refractivity contribution in [2.45, 2.75) is 25.3 Å². The van der Waals surface area contributed by atoms with Crippen molar-refractivity contribution in [3.8, 4) is 0 Å². The number of H-pyrrole nitrogens is 1. The van der Waals surface area contributed by atoms with Gasteiger partial charge in [-0.05, 0) is 24.9 Å². The maximum atomic E-state index is 11.6. The summed E-state index contributed by atoms with van der Waals surface area (Å²) in [5.41, 5.74) is 0.665. The highest BCUT2D eigenvalue weighted by Crippen LogP contribution is 1.99. The van der Waals surface area contributed by atoms with Gasteiger partial charge in [0, 0.05) is 24.9 Å². The van der Waals surface area contributed by atoms with Crippen LogP contribution in [-0.4, -0.2) is 51.7 Å². The number of carbonyl (C=O) groups is 2.